The van der Waals surface area contributed by atoms with E-state index in [2.05, 4.69) is 0 Å². The van der Waals surface area contributed by atoms with Gasteiger partial charge in [-0.15, -0.1) is 0 Å². The van der Waals surface area contributed by atoms with Gasteiger partial charge in [-0.3, -0.25) is 9.69 Å². The molecule has 1 heterocycles. The van der Waals surface area contributed by atoms with Crippen LogP contribution in [0.5, 0.6) is 0 Å². The number of hydrogen-bond acceptors (Lipinski definition) is 2. The smallest absolute Gasteiger partial charge is 0.320 e. The Bertz CT molecular complexity index is 422. The number of carbonyl (C=O) groups is 1. The number of aliphatic carboxylic acids is 1. The number of rotatable bonds is 3. The fourth-order valence-electron chi connectivity index (χ4n) is 2.64. The lowest BCUT2D eigenvalue weighted by Gasteiger charge is -2.26. The molecule has 1 unspecified atom stereocenters. The van der Waals surface area contributed by atoms with E-state index in [1.54, 1.807) is 6.07 Å². The summed E-state index contributed by atoms with van der Waals surface area (Å²) in [5, 5.41) is 9.12. The normalized spacial score (nSPS) is 25.1. The number of benzene rings is 1. The average molecular weight is 237 g/mol. The van der Waals surface area contributed by atoms with Crippen molar-refractivity contribution in [2.45, 2.75) is 31.8 Å². The van der Waals surface area contributed by atoms with Crippen LogP contribution in [0.4, 0.5) is 4.39 Å². The first-order valence-electron chi connectivity index (χ1n) is 5.87. The molecule has 1 saturated heterocycles. The number of carboxylic acids is 1. The number of nitrogens with zero attached hydrogens (tertiary/aromatic N) is 1. The highest BCUT2D eigenvalue weighted by molar-refractivity contribution is 5.74. The van der Waals surface area contributed by atoms with Crippen LogP contribution in [-0.4, -0.2) is 28.6 Å². The molecule has 0 spiro atoms. The van der Waals surface area contributed by atoms with Crippen LogP contribution in [0.2, 0.25) is 0 Å². The first-order chi connectivity index (χ1) is 8.13. The van der Waals surface area contributed by atoms with Crippen molar-refractivity contribution in [1.82, 2.24) is 4.90 Å². The van der Waals surface area contributed by atoms with Crippen LogP contribution in [0, 0.1) is 5.82 Å². The number of carboxylic acid groups (broad SMARTS) is 1. The summed E-state index contributed by atoms with van der Waals surface area (Å²) in [6.07, 6.45) is 1.40. The van der Waals surface area contributed by atoms with Crippen LogP contribution in [0.15, 0.2) is 24.3 Å². The summed E-state index contributed by atoms with van der Waals surface area (Å²) in [4.78, 5) is 13.0. The van der Waals surface area contributed by atoms with Gasteiger partial charge in [-0.25, -0.2) is 4.39 Å². The Hall–Kier alpha value is -1.42. The molecule has 0 saturated carbocycles. The molecule has 4 heteroatoms. The number of likely N-dealkylation sites (tertiary alicyclic amines) is 1. The summed E-state index contributed by atoms with van der Waals surface area (Å²) in [5.41, 5.74) is 0.871. The molecule has 0 amide bonds. The van der Waals surface area contributed by atoms with Gasteiger partial charge >= 0.3 is 5.97 Å². The highest BCUT2D eigenvalue weighted by Gasteiger charge is 2.37. The number of likely N-dealkylation sites (N-methyl/N-ethyl adjacent to an activating group) is 1. The van der Waals surface area contributed by atoms with Crippen LogP contribution < -0.4 is 0 Å². The molecule has 1 aromatic carbocycles. The zero-order chi connectivity index (χ0) is 12.4. The van der Waals surface area contributed by atoms with Crippen LogP contribution >= 0.6 is 0 Å². The van der Waals surface area contributed by atoms with Crippen molar-refractivity contribution in [3.05, 3.63) is 35.6 Å². The fraction of sp³-hybridized carbons (Fsp3) is 0.462. The zero-order valence-corrected chi connectivity index (χ0v) is 9.77. The van der Waals surface area contributed by atoms with E-state index in [1.807, 2.05) is 17.9 Å². The number of hydrogen-bond donors (Lipinski definition) is 1. The van der Waals surface area contributed by atoms with Crippen molar-refractivity contribution in [3.63, 3.8) is 0 Å². The maximum atomic E-state index is 13.2. The van der Waals surface area contributed by atoms with Crippen LogP contribution in [0.1, 0.15) is 31.4 Å². The molecule has 0 bridgehead atoms. The van der Waals surface area contributed by atoms with Gasteiger partial charge < -0.3 is 5.11 Å². The lowest BCUT2D eigenvalue weighted by Crippen LogP contribution is -2.37. The van der Waals surface area contributed by atoms with E-state index in [-0.39, 0.29) is 11.9 Å². The van der Waals surface area contributed by atoms with Crippen LogP contribution in [0.25, 0.3) is 0 Å². The molecule has 1 aliphatic rings. The second-order valence-electron chi connectivity index (χ2n) is 4.33. The topological polar surface area (TPSA) is 40.5 Å². The lowest BCUT2D eigenvalue weighted by atomic mass is 10.0. The van der Waals surface area contributed by atoms with Gasteiger partial charge in [-0.1, -0.05) is 19.1 Å². The van der Waals surface area contributed by atoms with Crippen molar-refractivity contribution in [3.8, 4) is 0 Å². The van der Waals surface area contributed by atoms with E-state index in [4.69, 9.17) is 5.11 Å². The Morgan fingerprint density at radius 3 is 2.88 bits per heavy atom. The monoisotopic (exact) mass is 237 g/mol. The molecule has 1 N–H and O–H groups in total. The van der Waals surface area contributed by atoms with Gasteiger partial charge in [-0.05, 0) is 37.1 Å². The predicted molar refractivity (Wildman–Crippen MR) is 62.2 cm³/mol. The maximum absolute atomic E-state index is 13.2. The Kier molecular flexibility index (Phi) is 3.43. The minimum absolute atomic E-state index is 0.0248. The molecular weight excluding hydrogens is 221 g/mol. The molecule has 2 atom stereocenters. The first-order valence-corrected chi connectivity index (χ1v) is 5.87. The standard InChI is InChI=1S/C13H16FNO2/c1-2-15-11(6-7-12(15)13(16)17)9-4-3-5-10(14)8-9/h3-5,8,11-12H,2,6-7H2,1H3,(H,16,17)/t11?,12-/m1/s1. The van der Waals surface area contributed by atoms with E-state index in [0.717, 1.165) is 12.0 Å². The molecule has 0 aliphatic carbocycles. The van der Waals surface area contributed by atoms with Crippen LogP contribution in [0.3, 0.4) is 0 Å². The van der Waals surface area contributed by atoms with Crippen molar-refractivity contribution >= 4 is 5.97 Å². The minimum Gasteiger partial charge on any atom is -0.480 e. The average Bonchev–Trinajstić information content (AvgIpc) is 2.72. The number of halogens is 1. The molecule has 17 heavy (non-hydrogen) atoms. The zero-order valence-electron chi connectivity index (χ0n) is 9.77. The van der Waals surface area contributed by atoms with Gasteiger partial charge in [0.1, 0.15) is 11.9 Å². The first kappa shape index (κ1) is 12.0. The largest absolute Gasteiger partial charge is 0.480 e. The Balaban J connectivity index is 2.25. The van der Waals surface area contributed by atoms with Gasteiger partial charge in [-0.2, -0.15) is 0 Å². The third-order valence-corrected chi connectivity index (χ3v) is 3.40. The molecular formula is C13H16FNO2. The lowest BCUT2D eigenvalue weighted by molar-refractivity contribution is -0.142. The molecule has 0 radical (unpaired) electrons. The van der Waals surface area contributed by atoms with Crippen molar-refractivity contribution in [1.29, 1.82) is 0 Å². The quantitative estimate of drug-likeness (QED) is 0.877. The van der Waals surface area contributed by atoms with E-state index < -0.39 is 12.0 Å². The van der Waals surface area contributed by atoms with E-state index in [9.17, 15) is 9.18 Å². The van der Waals surface area contributed by atoms with Gasteiger partial charge in [0.15, 0.2) is 0 Å². The summed E-state index contributed by atoms with van der Waals surface area (Å²) in [5.74, 6) is -1.05. The second-order valence-corrected chi connectivity index (χ2v) is 4.33. The molecule has 0 aromatic heterocycles. The third-order valence-electron chi connectivity index (χ3n) is 3.40. The minimum atomic E-state index is -0.786. The van der Waals surface area contributed by atoms with Crippen molar-refractivity contribution in [2.24, 2.45) is 0 Å². The summed E-state index contributed by atoms with van der Waals surface area (Å²) in [6, 6.07) is 6.03. The SMILES string of the molecule is CCN1C(c2cccc(F)c2)CC[C@@H]1C(=O)O. The molecule has 2 rings (SSSR count). The summed E-state index contributed by atoms with van der Waals surface area (Å²) >= 11 is 0. The predicted octanol–water partition coefficient (Wildman–Crippen LogP) is 2.44. The van der Waals surface area contributed by atoms with Gasteiger partial charge in [0.05, 0.1) is 0 Å². The second kappa shape index (κ2) is 4.84. The van der Waals surface area contributed by atoms with E-state index in [0.29, 0.717) is 13.0 Å². The van der Waals surface area contributed by atoms with Crippen molar-refractivity contribution < 1.29 is 14.3 Å². The van der Waals surface area contributed by atoms with Crippen LogP contribution in [-0.2, 0) is 4.79 Å². The Morgan fingerprint density at radius 1 is 1.53 bits per heavy atom. The van der Waals surface area contributed by atoms with Gasteiger partial charge in [0, 0.05) is 6.04 Å². The Morgan fingerprint density at radius 2 is 2.29 bits per heavy atom. The highest BCUT2D eigenvalue weighted by Crippen LogP contribution is 2.35. The fourth-order valence-corrected chi connectivity index (χ4v) is 2.64. The van der Waals surface area contributed by atoms with Gasteiger partial charge in [0.2, 0.25) is 0 Å². The summed E-state index contributed by atoms with van der Waals surface area (Å²) < 4.78 is 13.2. The molecule has 1 fully saturated rings. The van der Waals surface area contributed by atoms with Gasteiger partial charge in [0.25, 0.3) is 0 Å². The maximum Gasteiger partial charge on any atom is 0.320 e. The third kappa shape index (κ3) is 2.31. The summed E-state index contributed by atoms with van der Waals surface area (Å²) in [7, 11) is 0. The molecule has 3 nitrogen and oxygen atoms in total. The Labute approximate surface area is 99.9 Å². The van der Waals surface area contributed by atoms with E-state index >= 15 is 0 Å². The van der Waals surface area contributed by atoms with Crippen molar-refractivity contribution in [2.75, 3.05) is 6.54 Å². The highest BCUT2D eigenvalue weighted by atomic mass is 19.1. The molecule has 1 aliphatic heterocycles. The summed E-state index contributed by atoms with van der Waals surface area (Å²) in [6.45, 7) is 2.60. The molecule has 1 aromatic rings. The van der Waals surface area contributed by atoms with E-state index in [1.165, 1.54) is 12.1 Å². The molecule has 92 valence electrons.